The predicted molar refractivity (Wildman–Crippen MR) is 99.7 cm³/mol. The van der Waals surface area contributed by atoms with Crippen LogP contribution in [0.25, 0.3) is 0 Å². The summed E-state index contributed by atoms with van der Waals surface area (Å²) in [6.07, 6.45) is 7.76. The van der Waals surface area contributed by atoms with Crippen molar-refractivity contribution in [3.8, 4) is 0 Å². The van der Waals surface area contributed by atoms with Gasteiger partial charge >= 0.3 is 159 Å². The Morgan fingerprint density at radius 3 is 2.32 bits per heavy atom. The van der Waals surface area contributed by atoms with Crippen LogP contribution in [-0.2, 0) is 16.7 Å². The second-order valence-corrected chi connectivity index (χ2v) is 11.9. The molecule has 135 valence electrons. The molecule has 3 atom stereocenters. The molecule has 4 bridgehead atoms. The Hall–Kier alpha value is -0.527. The number of hydrogen-bond acceptors (Lipinski definition) is 2. The van der Waals surface area contributed by atoms with Gasteiger partial charge in [-0.25, -0.2) is 0 Å². The Bertz CT molecular complexity index is 760. The molecule has 1 saturated heterocycles. The van der Waals surface area contributed by atoms with Crippen LogP contribution in [0.1, 0.15) is 48.8 Å². The zero-order valence-electron chi connectivity index (χ0n) is 15.7. The molecule has 0 N–H and O–H groups in total. The van der Waals surface area contributed by atoms with Crippen molar-refractivity contribution in [1.29, 1.82) is 0 Å². The van der Waals surface area contributed by atoms with Crippen molar-refractivity contribution in [2.24, 2.45) is 17.8 Å². The summed E-state index contributed by atoms with van der Waals surface area (Å²) in [5, 5.41) is 0. The summed E-state index contributed by atoms with van der Waals surface area (Å²) in [4.78, 5) is 5.73. The van der Waals surface area contributed by atoms with E-state index in [0.717, 1.165) is 22.3 Å². The Balaban J connectivity index is 1.44. The van der Waals surface area contributed by atoms with Gasteiger partial charge in [-0.15, -0.1) is 0 Å². The molecular weight excluding hydrogens is 393 g/mol. The first kappa shape index (κ1) is 15.5. The molecule has 6 aliphatic rings. The van der Waals surface area contributed by atoms with Gasteiger partial charge in [0.25, 0.3) is 0 Å². The van der Waals surface area contributed by atoms with E-state index in [1.54, 1.807) is 23.6 Å². The predicted octanol–water partition coefficient (Wildman–Crippen LogP) is 4.28. The molecule has 2 heterocycles. The fraction of sp³-hybridized carbons (Fsp3) is 0.682. The third-order valence-corrected chi connectivity index (χ3v) is 11.4. The van der Waals surface area contributed by atoms with Gasteiger partial charge in [0.1, 0.15) is 0 Å². The molecule has 25 heavy (non-hydrogen) atoms. The maximum absolute atomic E-state index is 2.97. The molecule has 1 aromatic rings. The number of rotatable bonds is 1. The normalized spacial score (nSPS) is 41.6. The molecule has 5 fully saturated rings. The summed E-state index contributed by atoms with van der Waals surface area (Å²) in [5.41, 5.74) is 6.50. The third kappa shape index (κ3) is 1.95. The summed E-state index contributed by atoms with van der Waals surface area (Å²) in [7, 11) is 0. The van der Waals surface area contributed by atoms with Crippen molar-refractivity contribution in [3.63, 3.8) is 0 Å². The summed E-state index contributed by atoms with van der Waals surface area (Å²) < 4.78 is 2.83. The monoisotopic (exact) mass is 423 g/mol. The first-order chi connectivity index (χ1) is 12.0. The number of fused-ring (bicyclic) bond motifs is 1. The number of anilines is 1. The van der Waals surface area contributed by atoms with Gasteiger partial charge in [-0.1, -0.05) is 0 Å². The van der Waals surface area contributed by atoms with Crippen LogP contribution in [0.5, 0.6) is 0 Å². The van der Waals surface area contributed by atoms with Crippen molar-refractivity contribution < 1.29 is 16.7 Å². The molecule has 0 radical (unpaired) electrons. The van der Waals surface area contributed by atoms with E-state index >= 15 is 0 Å². The van der Waals surface area contributed by atoms with E-state index < -0.39 is 0 Å². The molecule has 3 unspecified atom stereocenters. The van der Waals surface area contributed by atoms with Gasteiger partial charge in [0.15, 0.2) is 0 Å². The van der Waals surface area contributed by atoms with Gasteiger partial charge in [-0.2, -0.15) is 0 Å². The molecule has 2 aliphatic heterocycles. The zero-order valence-corrected chi connectivity index (χ0v) is 17.4. The number of aryl methyl sites for hydroxylation is 3. The SMILES string of the molecule is Cc1cc(C)c(N2CCN3[C]2=[Ru][CH]2C4CC5CC(C4)CC23C5)c(C)c1. The molecule has 4 aliphatic carbocycles. The van der Waals surface area contributed by atoms with Crippen LogP contribution in [0.3, 0.4) is 0 Å². The molecule has 0 amide bonds. The summed E-state index contributed by atoms with van der Waals surface area (Å²) >= 11 is 0.380. The van der Waals surface area contributed by atoms with Gasteiger partial charge in [-0.3, -0.25) is 0 Å². The van der Waals surface area contributed by atoms with Crippen molar-refractivity contribution in [2.45, 2.75) is 62.9 Å². The number of hydrogen-bond donors (Lipinski definition) is 0. The van der Waals surface area contributed by atoms with E-state index in [1.165, 1.54) is 48.3 Å². The fourth-order valence-electron chi connectivity index (χ4n) is 7.40. The second kappa shape index (κ2) is 5.05. The van der Waals surface area contributed by atoms with E-state index in [2.05, 4.69) is 42.7 Å². The van der Waals surface area contributed by atoms with Crippen LogP contribution in [-0.4, -0.2) is 27.9 Å². The van der Waals surface area contributed by atoms with Gasteiger partial charge in [0.05, 0.1) is 0 Å². The van der Waals surface area contributed by atoms with Gasteiger partial charge in [0.2, 0.25) is 0 Å². The molecule has 7 rings (SSSR count). The molecule has 4 saturated carbocycles. The molecule has 2 nitrogen and oxygen atoms in total. The first-order valence-corrected chi connectivity index (χ1v) is 12.0. The molecule has 3 heteroatoms. The Kier molecular flexibility index (Phi) is 3.13. The second-order valence-electron chi connectivity index (χ2n) is 9.51. The van der Waals surface area contributed by atoms with Gasteiger partial charge in [0, 0.05) is 0 Å². The van der Waals surface area contributed by atoms with E-state index in [0.29, 0.717) is 22.2 Å². The maximum atomic E-state index is 2.97. The average Bonchev–Trinajstić information content (AvgIpc) is 3.06. The quantitative estimate of drug-likeness (QED) is 0.623. The third-order valence-electron chi connectivity index (χ3n) is 7.75. The molecular formula is C22H29N2Ru. The fourth-order valence-corrected chi connectivity index (χ4v) is 11.4. The molecule has 0 aromatic heterocycles. The van der Waals surface area contributed by atoms with Gasteiger partial charge in [-0.05, 0) is 0 Å². The Labute approximate surface area is 159 Å². The molecule has 1 aromatic carbocycles. The zero-order chi connectivity index (χ0) is 16.9. The van der Waals surface area contributed by atoms with Crippen molar-refractivity contribution in [1.82, 2.24) is 4.90 Å². The van der Waals surface area contributed by atoms with Crippen LogP contribution < -0.4 is 4.90 Å². The first-order valence-electron chi connectivity index (χ1n) is 10.2. The minimum atomic E-state index is 0.380. The Morgan fingerprint density at radius 2 is 1.64 bits per heavy atom. The van der Waals surface area contributed by atoms with Crippen molar-refractivity contribution >= 4 is 10.0 Å². The van der Waals surface area contributed by atoms with Crippen LogP contribution in [0.2, 0.25) is 4.51 Å². The van der Waals surface area contributed by atoms with Crippen LogP contribution in [0.4, 0.5) is 5.69 Å². The van der Waals surface area contributed by atoms with E-state index in [9.17, 15) is 0 Å². The van der Waals surface area contributed by atoms with Crippen molar-refractivity contribution in [3.05, 3.63) is 28.8 Å². The minimum absolute atomic E-state index is 0.380. The average molecular weight is 423 g/mol. The summed E-state index contributed by atoms with van der Waals surface area (Å²) in [5.74, 6) is 3.20. The number of benzene rings is 1. The van der Waals surface area contributed by atoms with Gasteiger partial charge < -0.3 is 0 Å². The van der Waals surface area contributed by atoms with Crippen LogP contribution in [0, 0.1) is 38.5 Å². The topological polar surface area (TPSA) is 6.48 Å². The molecule has 1 spiro atoms. The summed E-state index contributed by atoms with van der Waals surface area (Å²) in [6, 6.07) is 4.77. The van der Waals surface area contributed by atoms with Crippen LogP contribution >= 0.6 is 0 Å². The van der Waals surface area contributed by atoms with E-state index in [-0.39, 0.29) is 0 Å². The van der Waals surface area contributed by atoms with Crippen molar-refractivity contribution in [2.75, 3.05) is 18.0 Å². The van der Waals surface area contributed by atoms with E-state index in [4.69, 9.17) is 0 Å². The standard InChI is InChI=1S/C22H29N2.Ru/c1-15-6-16(2)21(17(3)7-15)23-4-5-24(14-23)22-11-18-8-19(12-22)10-20(9-18)13-22;/h6-7,11,18-20H,4-5,8-10,12-13H2,1-3H3;. The van der Waals surface area contributed by atoms with Crippen LogP contribution in [0.15, 0.2) is 12.1 Å². The number of nitrogens with zero attached hydrogens (tertiary/aromatic N) is 2. The van der Waals surface area contributed by atoms with E-state index in [1.807, 2.05) is 0 Å². The summed E-state index contributed by atoms with van der Waals surface area (Å²) in [6.45, 7) is 9.39. The Morgan fingerprint density at radius 1 is 0.960 bits per heavy atom.